The number of likely N-dealkylation sites (tertiary alicyclic amines) is 1. The van der Waals surface area contributed by atoms with Gasteiger partial charge in [0.2, 0.25) is 0 Å². The second-order valence-electron chi connectivity index (χ2n) is 5.03. The van der Waals surface area contributed by atoms with E-state index in [0.29, 0.717) is 5.92 Å². The molecule has 1 heterocycles. The third-order valence-electron chi connectivity index (χ3n) is 3.77. The monoisotopic (exact) mass is 217 g/mol. The van der Waals surface area contributed by atoms with Gasteiger partial charge in [-0.05, 0) is 49.4 Å². The van der Waals surface area contributed by atoms with Crippen LogP contribution in [0.15, 0.2) is 24.3 Å². The molecule has 88 valence electrons. The first-order valence-electron chi connectivity index (χ1n) is 6.60. The van der Waals surface area contributed by atoms with Gasteiger partial charge < -0.3 is 0 Å². The van der Waals surface area contributed by atoms with Gasteiger partial charge in [-0.15, -0.1) is 0 Å². The van der Waals surface area contributed by atoms with Gasteiger partial charge in [-0.2, -0.15) is 0 Å². The van der Waals surface area contributed by atoms with Crippen molar-refractivity contribution < 1.29 is 0 Å². The fraction of sp³-hybridized carbons (Fsp3) is 0.600. The second kappa shape index (κ2) is 5.49. The van der Waals surface area contributed by atoms with E-state index in [1.807, 2.05) is 0 Å². The summed E-state index contributed by atoms with van der Waals surface area (Å²) in [7, 11) is 0. The van der Waals surface area contributed by atoms with Gasteiger partial charge in [-0.1, -0.05) is 38.1 Å². The maximum absolute atomic E-state index is 2.55. The first kappa shape index (κ1) is 11.7. The van der Waals surface area contributed by atoms with Crippen molar-refractivity contribution in [3.05, 3.63) is 35.4 Å². The Morgan fingerprint density at radius 2 is 1.75 bits per heavy atom. The predicted molar refractivity (Wildman–Crippen MR) is 69.7 cm³/mol. The van der Waals surface area contributed by atoms with Crippen LogP contribution in [0.1, 0.15) is 50.2 Å². The SMILES string of the molecule is CCC(C)c1ccc(CN2CCCC2)cc1. The number of hydrogen-bond acceptors (Lipinski definition) is 1. The summed E-state index contributed by atoms with van der Waals surface area (Å²) in [6, 6.07) is 9.22. The zero-order valence-electron chi connectivity index (χ0n) is 10.6. The second-order valence-corrected chi connectivity index (χ2v) is 5.03. The lowest BCUT2D eigenvalue weighted by Gasteiger charge is -2.15. The van der Waals surface area contributed by atoms with Crippen molar-refractivity contribution >= 4 is 0 Å². The number of nitrogens with zero attached hydrogens (tertiary/aromatic N) is 1. The number of rotatable bonds is 4. The van der Waals surface area contributed by atoms with E-state index in [2.05, 4.69) is 43.0 Å². The molecule has 1 aliphatic heterocycles. The third-order valence-corrected chi connectivity index (χ3v) is 3.77. The van der Waals surface area contributed by atoms with Crippen molar-refractivity contribution in [3.63, 3.8) is 0 Å². The van der Waals surface area contributed by atoms with E-state index in [1.54, 1.807) is 0 Å². The van der Waals surface area contributed by atoms with Gasteiger partial charge in [0.25, 0.3) is 0 Å². The fourth-order valence-corrected chi connectivity index (χ4v) is 2.39. The maximum Gasteiger partial charge on any atom is 0.0233 e. The maximum atomic E-state index is 2.55. The first-order chi connectivity index (χ1) is 7.79. The zero-order chi connectivity index (χ0) is 11.4. The van der Waals surface area contributed by atoms with Gasteiger partial charge in [0, 0.05) is 6.54 Å². The molecule has 0 aromatic heterocycles. The topological polar surface area (TPSA) is 3.24 Å². The summed E-state index contributed by atoms with van der Waals surface area (Å²) in [5, 5.41) is 0. The fourth-order valence-electron chi connectivity index (χ4n) is 2.39. The van der Waals surface area contributed by atoms with Crippen LogP contribution >= 0.6 is 0 Å². The summed E-state index contributed by atoms with van der Waals surface area (Å²) in [5.41, 5.74) is 2.95. The van der Waals surface area contributed by atoms with E-state index in [4.69, 9.17) is 0 Å². The molecule has 1 nitrogen and oxygen atoms in total. The Balaban J connectivity index is 1.96. The summed E-state index contributed by atoms with van der Waals surface area (Å²) in [6.07, 6.45) is 3.99. The molecule has 1 unspecified atom stereocenters. The molecule has 0 aliphatic carbocycles. The molecule has 1 atom stereocenters. The molecule has 0 bridgehead atoms. The molecule has 0 amide bonds. The van der Waals surface area contributed by atoms with E-state index in [1.165, 1.54) is 43.5 Å². The Hall–Kier alpha value is -0.820. The molecule has 0 saturated carbocycles. The summed E-state index contributed by atoms with van der Waals surface area (Å²) in [4.78, 5) is 2.55. The molecule has 1 heteroatoms. The van der Waals surface area contributed by atoms with Gasteiger partial charge in [-0.25, -0.2) is 0 Å². The highest BCUT2D eigenvalue weighted by Gasteiger charge is 2.11. The van der Waals surface area contributed by atoms with Gasteiger partial charge in [0.05, 0.1) is 0 Å². The molecule has 16 heavy (non-hydrogen) atoms. The minimum Gasteiger partial charge on any atom is -0.299 e. The van der Waals surface area contributed by atoms with E-state index >= 15 is 0 Å². The minimum absolute atomic E-state index is 0.695. The molecule has 0 radical (unpaired) electrons. The summed E-state index contributed by atoms with van der Waals surface area (Å²) >= 11 is 0. The Labute approximate surface area is 99.5 Å². The van der Waals surface area contributed by atoms with Crippen LogP contribution in [0.5, 0.6) is 0 Å². The molecular weight excluding hydrogens is 194 g/mol. The highest BCUT2D eigenvalue weighted by Crippen LogP contribution is 2.20. The van der Waals surface area contributed by atoms with Gasteiger partial charge in [0.1, 0.15) is 0 Å². The molecule has 1 aromatic carbocycles. The van der Waals surface area contributed by atoms with Crippen LogP contribution < -0.4 is 0 Å². The third kappa shape index (κ3) is 2.85. The molecule has 1 fully saturated rings. The average molecular weight is 217 g/mol. The number of hydrogen-bond donors (Lipinski definition) is 0. The lowest BCUT2D eigenvalue weighted by Crippen LogP contribution is -2.18. The van der Waals surface area contributed by atoms with Crippen LogP contribution in [-0.4, -0.2) is 18.0 Å². The highest BCUT2D eigenvalue weighted by molar-refractivity contribution is 5.25. The lowest BCUT2D eigenvalue weighted by molar-refractivity contribution is 0.331. The Morgan fingerprint density at radius 3 is 2.31 bits per heavy atom. The van der Waals surface area contributed by atoms with E-state index in [9.17, 15) is 0 Å². The Morgan fingerprint density at radius 1 is 1.12 bits per heavy atom. The smallest absolute Gasteiger partial charge is 0.0233 e. The predicted octanol–water partition coefficient (Wildman–Crippen LogP) is 3.80. The van der Waals surface area contributed by atoms with Gasteiger partial charge in [0.15, 0.2) is 0 Å². The van der Waals surface area contributed by atoms with Crippen molar-refractivity contribution in [1.29, 1.82) is 0 Å². The molecular formula is C15H23N. The highest BCUT2D eigenvalue weighted by atomic mass is 15.1. The van der Waals surface area contributed by atoms with Gasteiger partial charge in [-0.3, -0.25) is 4.90 Å². The minimum atomic E-state index is 0.695. The Bertz CT molecular complexity index is 309. The summed E-state index contributed by atoms with van der Waals surface area (Å²) in [6.45, 7) is 8.26. The first-order valence-corrected chi connectivity index (χ1v) is 6.60. The van der Waals surface area contributed by atoms with Crippen LogP contribution in [0, 0.1) is 0 Å². The van der Waals surface area contributed by atoms with E-state index in [0.717, 1.165) is 6.54 Å². The average Bonchev–Trinajstić information content (AvgIpc) is 2.82. The molecule has 1 aromatic rings. The van der Waals surface area contributed by atoms with E-state index < -0.39 is 0 Å². The van der Waals surface area contributed by atoms with Crippen LogP contribution in [-0.2, 0) is 6.54 Å². The molecule has 1 saturated heterocycles. The van der Waals surface area contributed by atoms with Crippen molar-refractivity contribution in [2.24, 2.45) is 0 Å². The standard InChI is InChI=1S/C15H23N/c1-3-13(2)15-8-6-14(7-9-15)12-16-10-4-5-11-16/h6-9,13H,3-5,10-12H2,1-2H3. The van der Waals surface area contributed by atoms with Crippen LogP contribution in [0.3, 0.4) is 0 Å². The van der Waals surface area contributed by atoms with Crippen molar-refractivity contribution in [3.8, 4) is 0 Å². The lowest BCUT2D eigenvalue weighted by atomic mass is 9.97. The normalized spacial score (nSPS) is 18.9. The largest absolute Gasteiger partial charge is 0.299 e. The molecule has 0 N–H and O–H groups in total. The van der Waals surface area contributed by atoms with Crippen LogP contribution in [0.4, 0.5) is 0 Å². The van der Waals surface area contributed by atoms with Crippen molar-refractivity contribution in [2.75, 3.05) is 13.1 Å². The molecule has 2 rings (SSSR count). The summed E-state index contributed by atoms with van der Waals surface area (Å²) < 4.78 is 0. The molecule has 0 spiro atoms. The molecule has 1 aliphatic rings. The quantitative estimate of drug-likeness (QED) is 0.741. The summed E-state index contributed by atoms with van der Waals surface area (Å²) in [5.74, 6) is 0.695. The van der Waals surface area contributed by atoms with Crippen molar-refractivity contribution in [1.82, 2.24) is 4.90 Å². The van der Waals surface area contributed by atoms with Crippen LogP contribution in [0.25, 0.3) is 0 Å². The van der Waals surface area contributed by atoms with Crippen LogP contribution in [0.2, 0.25) is 0 Å². The number of benzene rings is 1. The van der Waals surface area contributed by atoms with Gasteiger partial charge >= 0.3 is 0 Å². The zero-order valence-corrected chi connectivity index (χ0v) is 10.6. The van der Waals surface area contributed by atoms with E-state index in [-0.39, 0.29) is 0 Å². The van der Waals surface area contributed by atoms with Crippen molar-refractivity contribution in [2.45, 2.75) is 45.6 Å². The Kier molecular flexibility index (Phi) is 4.00.